The first-order chi connectivity index (χ1) is 9.25. The quantitative estimate of drug-likeness (QED) is 0.681. The van der Waals surface area contributed by atoms with E-state index in [4.69, 9.17) is 0 Å². The lowest BCUT2D eigenvalue weighted by Gasteiger charge is -2.23. The number of thioether (sulfide) groups is 1. The number of hydrogen-bond acceptors (Lipinski definition) is 7. The SMILES string of the molecule is O=[N+]([O-])c1ccc(NC2CCSCC2)c2nonc12. The summed E-state index contributed by atoms with van der Waals surface area (Å²) in [6.45, 7) is 0. The topological polar surface area (TPSA) is 94.1 Å². The number of benzene rings is 1. The summed E-state index contributed by atoms with van der Waals surface area (Å²) < 4.78 is 4.64. The van der Waals surface area contributed by atoms with Crippen molar-refractivity contribution < 1.29 is 9.55 Å². The number of nitrogens with zero attached hydrogens (tertiary/aromatic N) is 3. The number of fused-ring (bicyclic) bond motifs is 1. The van der Waals surface area contributed by atoms with Gasteiger partial charge in [-0.1, -0.05) is 0 Å². The zero-order valence-corrected chi connectivity index (χ0v) is 10.9. The minimum absolute atomic E-state index is 0.0824. The van der Waals surface area contributed by atoms with Gasteiger partial charge in [0.1, 0.15) is 0 Å². The fourth-order valence-electron chi connectivity index (χ4n) is 2.18. The summed E-state index contributed by atoms with van der Waals surface area (Å²) in [7, 11) is 0. The van der Waals surface area contributed by atoms with Gasteiger partial charge in [0.15, 0.2) is 5.52 Å². The van der Waals surface area contributed by atoms with E-state index in [9.17, 15) is 10.1 Å². The summed E-state index contributed by atoms with van der Waals surface area (Å²) in [4.78, 5) is 10.4. The predicted octanol–water partition coefficient (Wildman–Crippen LogP) is 2.44. The average Bonchev–Trinajstić information content (AvgIpc) is 2.89. The Morgan fingerprint density at radius 2 is 2.05 bits per heavy atom. The van der Waals surface area contributed by atoms with Crippen LogP contribution in [0.15, 0.2) is 16.8 Å². The molecule has 1 aliphatic rings. The van der Waals surface area contributed by atoms with Gasteiger partial charge < -0.3 is 5.32 Å². The summed E-state index contributed by atoms with van der Waals surface area (Å²) in [5, 5.41) is 21.7. The van der Waals surface area contributed by atoms with Crippen LogP contribution in [0.3, 0.4) is 0 Å². The number of rotatable bonds is 3. The maximum Gasteiger partial charge on any atom is 0.300 e. The molecular formula is C11H12N4O3S. The number of anilines is 1. The first-order valence-corrected chi connectivity index (χ1v) is 7.15. The van der Waals surface area contributed by atoms with E-state index in [2.05, 4.69) is 20.3 Å². The van der Waals surface area contributed by atoms with E-state index in [0.29, 0.717) is 11.6 Å². The van der Waals surface area contributed by atoms with E-state index in [0.717, 1.165) is 30.0 Å². The van der Waals surface area contributed by atoms with Crippen molar-refractivity contribution in [3.05, 3.63) is 22.2 Å². The zero-order chi connectivity index (χ0) is 13.2. The number of nitro benzene ring substituents is 1. The smallest absolute Gasteiger partial charge is 0.300 e. The van der Waals surface area contributed by atoms with E-state index >= 15 is 0 Å². The summed E-state index contributed by atoms with van der Waals surface area (Å²) in [5.41, 5.74) is 1.28. The molecule has 7 nitrogen and oxygen atoms in total. The molecule has 1 fully saturated rings. The second kappa shape index (κ2) is 5.04. The first kappa shape index (κ1) is 12.2. The third kappa shape index (κ3) is 2.35. The highest BCUT2D eigenvalue weighted by molar-refractivity contribution is 7.99. The van der Waals surface area contributed by atoms with Crippen LogP contribution in [0.25, 0.3) is 11.0 Å². The molecule has 8 heteroatoms. The third-order valence-corrected chi connectivity index (χ3v) is 4.22. The van der Waals surface area contributed by atoms with Crippen LogP contribution < -0.4 is 5.32 Å². The maximum absolute atomic E-state index is 10.9. The summed E-state index contributed by atoms with van der Waals surface area (Å²) in [5.74, 6) is 2.26. The molecule has 0 bridgehead atoms. The van der Waals surface area contributed by atoms with Crippen LogP contribution in [-0.4, -0.2) is 32.8 Å². The lowest BCUT2D eigenvalue weighted by molar-refractivity contribution is -0.383. The Kier molecular flexibility index (Phi) is 3.24. The third-order valence-electron chi connectivity index (χ3n) is 3.17. The Balaban J connectivity index is 1.93. The molecule has 2 aromatic rings. The second-order valence-corrected chi connectivity index (χ2v) is 5.61. The van der Waals surface area contributed by atoms with Crippen LogP contribution in [-0.2, 0) is 0 Å². The molecule has 3 rings (SSSR count). The van der Waals surface area contributed by atoms with Gasteiger partial charge in [-0.15, -0.1) is 0 Å². The molecule has 0 unspecified atom stereocenters. The van der Waals surface area contributed by atoms with Crippen LogP contribution >= 0.6 is 11.8 Å². The Labute approximate surface area is 112 Å². The predicted molar refractivity (Wildman–Crippen MR) is 72.4 cm³/mol. The molecule has 0 saturated carbocycles. The van der Waals surface area contributed by atoms with E-state index < -0.39 is 4.92 Å². The van der Waals surface area contributed by atoms with E-state index in [-0.39, 0.29) is 11.2 Å². The molecule has 0 atom stereocenters. The summed E-state index contributed by atoms with van der Waals surface area (Å²) in [6.07, 6.45) is 2.16. The fourth-order valence-corrected chi connectivity index (χ4v) is 3.29. The Morgan fingerprint density at radius 1 is 1.32 bits per heavy atom. The highest BCUT2D eigenvalue weighted by Gasteiger charge is 2.21. The van der Waals surface area contributed by atoms with E-state index in [1.807, 2.05) is 11.8 Å². The van der Waals surface area contributed by atoms with Crippen molar-refractivity contribution in [2.75, 3.05) is 16.8 Å². The molecule has 1 aromatic heterocycles. The minimum Gasteiger partial charge on any atom is -0.380 e. The lowest BCUT2D eigenvalue weighted by Crippen LogP contribution is -2.24. The molecule has 1 N–H and O–H groups in total. The van der Waals surface area contributed by atoms with Crippen LogP contribution in [0.5, 0.6) is 0 Å². The van der Waals surface area contributed by atoms with E-state index in [1.54, 1.807) is 6.07 Å². The Hall–Kier alpha value is -1.83. The number of nitrogens with one attached hydrogen (secondary N) is 1. The molecule has 1 aliphatic heterocycles. The summed E-state index contributed by atoms with van der Waals surface area (Å²) >= 11 is 1.95. The number of hydrogen-bond donors (Lipinski definition) is 1. The van der Waals surface area contributed by atoms with Gasteiger partial charge in [0.25, 0.3) is 0 Å². The maximum atomic E-state index is 10.9. The van der Waals surface area contributed by atoms with Gasteiger partial charge >= 0.3 is 5.69 Å². The largest absolute Gasteiger partial charge is 0.380 e. The Morgan fingerprint density at radius 3 is 2.79 bits per heavy atom. The minimum atomic E-state index is -0.479. The summed E-state index contributed by atoms with van der Waals surface area (Å²) in [6, 6.07) is 3.49. The van der Waals surface area contributed by atoms with Gasteiger partial charge in [-0.25, -0.2) is 4.63 Å². The van der Waals surface area contributed by atoms with Gasteiger partial charge in [0, 0.05) is 12.1 Å². The van der Waals surface area contributed by atoms with Crippen LogP contribution in [0, 0.1) is 10.1 Å². The normalized spacial score (nSPS) is 16.6. The molecule has 0 radical (unpaired) electrons. The Bertz CT molecular complexity index is 609. The van der Waals surface area contributed by atoms with Crippen molar-refractivity contribution in [2.45, 2.75) is 18.9 Å². The van der Waals surface area contributed by atoms with Gasteiger partial charge in [0.2, 0.25) is 5.52 Å². The van der Waals surface area contributed by atoms with Crippen molar-refractivity contribution >= 4 is 34.2 Å². The fraction of sp³-hybridized carbons (Fsp3) is 0.455. The second-order valence-electron chi connectivity index (χ2n) is 4.38. The number of nitro groups is 1. The molecular weight excluding hydrogens is 268 g/mol. The molecule has 2 heterocycles. The van der Waals surface area contributed by atoms with Crippen molar-refractivity contribution in [2.24, 2.45) is 0 Å². The monoisotopic (exact) mass is 280 g/mol. The van der Waals surface area contributed by atoms with Crippen molar-refractivity contribution in [3.8, 4) is 0 Å². The van der Waals surface area contributed by atoms with Crippen LogP contribution in [0.1, 0.15) is 12.8 Å². The highest BCUT2D eigenvalue weighted by atomic mass is 32.2. The molecule has 0 spiro atoms. The van der Waals surface area contributed by atoms with Gasteiger partial charge in [-0.3, -0.25) is 10.1 Å². The highest BCUT2D eigenvalue weighted by Crippen LogP contribution is 2.30. The van der Waals surface area contributed by atoms with Gasteiger partial charge in [0.05, 0.1) is 10.6 Å². The molecule has 100 valence electrons. The molecule has 1 saturated heterocycles. The molecule has 19 heavy (non-hydrogen) atoms. The van der Waals surface area contributed by atoms with Crippen molar-refractivity contribution in [3.63, 3.8) is 0 Å². The lowest BCUT2D eigenvalue weighted by atomic mass is 10.1. The van der Waals surface area contributed by atoms with Crippen molar-refractivity contribution in [1.29, 1.82) is 0 Å². The van der Waals surface area contributed by atoms with Crippen LogP contribution in [0.4, 0.5) is 11.4 Å². The molecule has 1 aromatic carbocycles. The van der Waals surface area contributed by atoms with Gasteiger partial charge in [-0.05, 0) is 40.7 Å². The van der Waals surface area contributed by atoms with Crippen LogP contribution in [0.2, 0.25) is 0 Å². The standard InChI is InChI=1S/C11H12N4O3S/c16-15(17)9-2-1-8(10-11(9)14-18-13-10)12-7-3-5-19-6-4-7/h1-2,7,12H,3-6H2. The van der Waals surface area contributed by atoms with Crippen molar-refractivity contribution in [1.82, 2.24) is 10.3 Å². The number of aromatic nitrogens is 2. The molecule has 0 amide bonds. The molecule has 0 aliphatic carbocycles. The number of non-ortho nitro benzene ring substituents is 1. The average molecular weight is 280 g/mol. The van der Waals surface area contributed by atoms with Gasteiger partial charge in [-0.2, -0.15) is 11.8 Å². The first-order valence-electron chi connectivity index (χ1n) is 5.99. The zero-order valence-electron chi connectivity index (χ0n) is 10.0. The van der Waals surface area contributed by atoms with E-state index in [1.165, 1.54) is 6.07 Å².